The lowest BCUT2D eigenvalue weighted by Crippen LogP contribution is -2.47. The first-order valence-corrected chi connectivity index (χ1v) is 9.88. The Kier molecular flexibility index (Phi) is 4.02. The van der Waals surface area contributed by atoms with Crippen LogP contribution in [0.4, 0.5) is 0 Å². The van der Waals surface area contributed by atoms with Crippen molar-refractivity contribution < 1.29 is 9.53 Å². The molecule has 0 atom stereocenters. The number of aromatic nitrogens is 4. The fourth-order valence-corrected chi connectivity index (χ4v) is 5.34. The Bertz CT molecular complexity index is 946. The minimum Gasteiger partial charge on any atom is -0.369 e. The second-order valence-electron chi connectivity index (χ2n) is 6.93. The molecule has 0 aliphatic carbocycles. The molecule has 138 valence electrons. The first kappa shape index (κ1) is 16.6. The van der Waals surface area contributed by atoms with Crippen LogP contribution in [0, 0.1) is 0 Å². The van der Waals surface area contributed by atoms with E-state index in [0.717, 1.165) is 36.4 Å². The maximum Gasteiger partial charge on any atom is 0.257 e. The summed E-state index contributed by atoms with van der Waals surface area (Å²) in [4.78, 5) is 25.5. The summed E-state index contributed by atoms with van der Waals surface area (Å²) in [5.41, 5.74) is 2.57. The molecule has 0 saturated carbocycles. The number of nitrogens with zero attached hydrogens (tertiary/aromatic N) is 4. The molecular weight excluding hydrogens is 362 g/mol. The number of fused-ring (bicyclic) bond motifs is 2. The SMILES string of the molecule is O=C(c1cn[nH]c1)N1CCC2(CC1)OCCc1cc(-c3cnccn3)sc12. The zero-order valence-corrected chi connectivity index (χ0v) is 15.5. The molecule has 5 rings (SSSR count). The number of nitrogens with one attached hydrogen (secondary N) is 1. The van der Waals surface area contributed by atoms with Gasteiger partial charge in [0.15, 0.2) is 0 Å². The minimum absolute atomic E-state index is 0.0288. The van der Waals surface area contributed by atoms with Gasteiger partial charge in [0.2, 0.25) is 0 Å². The van der Waals surface area contributed by atoms with Crippen LogP contribution < -0.4 is 0 Å². The van der Waals surface area contributed by atoms with Gasteiger partial charge in [-0.15, -0.1) is 11.3 Å². The zero-order valence-electron chi connectivity index (χ0n) is 14.7. The van der Waals surface area contributed by atoms with Gasteiger partial charge < -0.3 is 9.64 Å². The highest BCUT2D eigenvalue weighted by Gasteiger charge is 2.43. The molecule has 1 spiro atoms. The molecule has 2 aliphatic rings. The number of thiophene rings is 1. The van der Waals surface area contributed by atoms with Crippen LogP contribution >= 0.6 is 11.3 Å². The Balaban J connectivity index is 1.40. The van der Waals surface area contributed by atoms with E-state index in [-0.39, 0.29) is 11.5 Å². The van der Waals surface area contributed by atoms with E-state index in [2.05, 4.69) is 26.2 Å². The molecular formula is C19H19N5O2S. The molecule has 2 aliphatic heterocycles. The van der Waals surface area contributed by atoms with Gasteiger partial charge in [0, 0.05) is 36.6 Å². The van der Waals surface area contributed by atoms with Crippen molar-refractivity contribution >= 4 is 17.2 Å². The normalized spacial score (nSPS) is 18.4. The number of carbonyl (C=O) groups excluding carboxylic acids is 1. The van der Waals surface area contributed by atoms with E-state index in [4.69, 9.17) is 4.74 Å². The van der Waals surface area contributed by atoms with E-state index < -0.39 is 0 Å². The maximum atomic E-state index is 12.6. The standard InChI is InChI=1S/C19H19N5O2S/c25-18(14-10-22-23-11-14)24-6-2-19(3-7-24)17-13(1-8-26-19)9-16(27-17)15-12-20-4-5-21-15/h4-5,9-12H,1-3,6-8H2,(H,22,23). The number of piperidine rings is 1. The summed E-state index contributed by atoms with van der Waals surface area (Å²) in [6, 6.07) is 2.23. The van der Waals surface area contributed by atoms with Crippen molar-refractivity contribution in [3.63, 3.8) is 0 Å². The lowest BCUT2D eigenvalue weighted by molar-refractivity contribution is -0.0906. The monoisotopic (exact) mass is 381 g/mol. The topological polar surface area (TPSA) is 84.0 Å². The lowest BCUT2D eigenvalue weighted by Gasteiger charge is -2.43. The molecule has 0 unspecified atom stereocenters. The molecule has 1 amide bonds. The van der Waals surface area contributed by atoms with E-state index in [1.165, 1.54) is 10.4 Å². The summed E-state index contributed by atoms with van der Waals surface area (Å²) in [5.74, 6) is 0.0288. The number of hydrogen-bond donors (Lipinski definition) is 1. The quantitative estimate of drug-likeness (QED) is 0.738. The second-order valence-corrected chi connectivity index (χ2v) is 7.98. The molecule has 1 N–H and O–H groups in total. The number of amides is 1. The molecule has 3 aromatic heterocycles. The molecule has 27 heavy (non-hydrogen) atoms. The average molecular weight is 381 g/mol. The highest BCUT2D eigenvalue weighted by molar-refractivity contribution is 7.15. The lowest BCUT2D eigenvalue weighted by atomic mass is 9.85. The predicted octanol–water partition coefficient (Wildman–Crippen LogP) is 2.63. The molecule has 8 heteroatoms. The number of carbonyl (C=O) groups is 1. The molecule has 7 nitrogen and oxygen atoms in total. The van der Waals surface area contributed by atoms with Crippen LogP contribution in [0.25, 0.3) is 10.6 Å². The van der Waals surface area contributed by atoms with Crippen molar-refractivity contribution in [3.05, 3.63) is 53.1 Å². The van der Waals surface area contributed by atoms with Crippen molar-refractivity contribution in [2.24, 2.45) is 0 Å². The van der Waals surface area contributed by atoms with Crippen LogP contribution in [0.1, 0.15) is 33.6 Å². The summed E-state index contributed by atoms with van der Waals surface area (Å²) in [7, 11) is 0. The molecule has 0 aromatic carbocycles. The number of H-pyrrole nitrogens is 1. The van der Waals surface area contributed by atoms with Crippen molar-refractivity contribution in [1.82, 2.24) is 25.1 Å². The first-order chi connectivity index (χ1) is 13.3. The van der Waals surface area contributed by atoms with Crippen molar-refractivity contribution in [3.8, 4) is 10.6 Å². The van der Waals surface area contributed by atoms with Crippen LogP contribution in [-0.4, -0.2) is 50.7 Å². The van der Waals surface area contributed by atoms with Gasteiger partial charge in [-0.2, -0.15) is 5.10 Å². The number of rotatable bonds is 2. The average Bonchev–Trinajstić information content (AvgIpc) is 3.40. The number of aromatic amines is 1. The van der Waals surface area contributed by atoms with E-state index in [1.54, 1.807) is 42.3 Å². The van der Waals surface area contributed by atoms with E-state index >= 15 is 0 Å². The van der Waals surface area contributed by atoms with Gasteiger partial charge in [-0.05, 0) is 30.9 Å². The largest absolute Gasteiger partial charge is 0.369 e. The summed E-state index contributed by atoms with van der Waals surface area (Å²) in [6.45, 7) is 2.09. The predicted molar refractivity (Wildman–Crippen MR) is 100 cm³/mol. The maximum absolute atomic E-state index is 12.6. The van der Waals surface area contributed by atoms with Gasteiger partial charge in [-0.25, -0.2) is 0 Å². The van der Waals surface area contributed by atoms with Crippen LogP contribution in [0.2, 0.25) is 0 Å². The summed E-state index contributed by atoms with van der Waals surface area (Å²) < 4.78 is 6.32. The smallest absolute Gasteiger partial charge is 0.257 e. The Morgan fingerprint density at radius 3 is 2.89 bits per heavy atom. The molecule has 0 radical (unpaired) electrons. The Morgan fingerprint density at radius 1 is 1.26 bits per heavy atom. The fraction of sp³-hybridized carbons (Fsp3) is 0.368. The van der Waals surface area contributed by atoms with Gasteiger partial charge in [0.25, 0.3) is 5.91 Å². The van der Waals surface area contributed by atoms with E-state index in [0.29, 0.717) is 18.7 Å². The number of ether oxygens (including phenoxy) is 1. The van der Waals surface area contributed by atoms with Crippen LogP contribution in [0.15, 0.2) is 37.1 Å². The van der Waals surface area contributed by atoms with Gasteiger partial charge >= 0.3 is 0 Å². The molecule has 0 bridgehead atoms. The van der Waals surface area contributed by atoms with Crippen molar-refractivity contribution in [2.45, 2.75) is 24.9 Å². The van der Waals surface area contributed by atoms with E-state index in [1.807, 2.05) is 4.90 Å². The third kappa shape index (κ3) is 2.85. The van der Waals surface area contributed by atoms with Crippen molar-refractivity contribution in [2.75, 3.05) is 19.7 Å². The molecule has 3 aromatic rings. The van der Waals surface area contributed by atoms with Gasteiger partial charge in [0.1, 0.15) is 5.60 Å². The molecule has 1 fully saturated rings. The van der Waals surface area contributed by atoms with Crippen LogP contribution in [0.5, 0.6) is 0 Å². The van der Waals surface area contributed by atoms with Gasteiger partial charge in [-0.3, -0.25) is 19.9 Å². The first-order valence-electron chi connectivity index (χ1n) is 9.07. The Hall–Kier alpha value is -2.58. The van der Waals surface area contributed by atoms with E-state index in [9.17, 15) is 4.79 Å². The van der Waals surface area contributed by atoms with Gasteiger partial charge in [0.05, 0.1) is 35.1 Å². The van der Waals surface area contributed by atoms with Crippen LogP contribution in [0.3, 0.4) is 0 Å². The Labute approximate surface area is 160 Å². The summed E-state index contributed by atoms with van der Waals surface area (Å²) >= 11 is 1.76. The number of hydrogen-bond acceptors (Lipinski definition) is 6. The second kappa shape index (κ2) is 6.54. The zero-order chi connectivity index (χ0) is 18.3. The highest BCUT2D eigenvalue weighted by Crippen LogP contribution is 2.47. The third-order valence-corrected chi connectivity index (χ3v) is 6.78. The van der Waals surface area contributed by atoms with Gasteiger partial charge in [-0.1, -0.05) is 0 Å². The fourth-order valence-electron chi connectivity index (χ4n) is 3.97. The highest BCUT2D eigenvalue weighted by atomic mass is 32.1. The molecule has 1 saturated heterocycles. The summed E-state index contributed by atoms with van der Waals surface area (Å²) in [6.07, 6.45) is 11.0. The Morgan fingerprint density at radius 2 is 2.15 bits per heavy atom. The third-order valence-electron chi connectivity index (χ3n) is 5.39. The number of likely N-dealkylation sites (tertiary alicyclic amines) is 1. The summed E-state index contributed by atoms with van der Waals surface area (Å²) in [5, 5.41) is 6.58. The van der Waals surface area contributed by atoms with Crippen molar-refractivity contribution in [1.29, 1.82) is 0 Å². The molecule has 5 heterocycles. The minimum atomic E-state index is -0.286. The van der Waals surface area contributed by atoms with Crippen LogP contribution in [-0.2, 0) is 16.8 Å².